The van der Waals surface area contributed by atoms with Crippen LogP contribution in [0.5, 0.6) is 0 Å². The molecule has 0 amide bonds. The first kappa shape index (κ1) is 29.0. The second-order valence-corrected chi connectivity index (χ2v) is 13.1. The van der Waals surface area contributed by atoms with Crippen LogP contribution < -0.4 is 0 Å². The van der Waals surface area contributed by atoms with Crippen LogP contribution in [-0.4, -0.2) is 15.0 Å². The highest BCUT2D eigenvalue weighted by Gasteiger charge is 2.17. The minimum atomic E-state index is 0.645. The number of rotatable bonds is 6. The smallest absolute Gasteiger partial charge is 0.164 e. The molecule has 7 aromatic carbocycles. The minimum absolute atomic E-state index is 0.645. The van der Waals surface area contributed by atoms with Gasteiger partial charge in [0.1, 0.15) is 0 Å². The largest absolute Gasteiger partial charge is 0.208 e. The Morgan fingerprint density at radius 2 is 0.714 bits per heavy atom. The van der Waals surface area contributed by atoms with Crippen LogP contribution in [0, 0.1) is 0 Å². The van der Waals surface area contributed by atoms with Gasteiger partial charge in [0.05, 0.1) is 0 Å². The van der Waals surface area contributed by atoms with E-state index in [4.69, 9.17) is 15.0 Å². The van der Waals surface area contributed by atoms with E-state index in [-0.39, 0.29) is 0 Å². The first-order valence-electron chi connectivity index (χ1n) is 16.4. The van der Waals surface area contributed by atoms with E-state index in [1.54, 1.807) is 0 Å². The molecule has 2 heterocycles. The summed E-state index contributed by atoms with van der Waals surface area (Å²) < 4.78 is 2.53. The van der Waals surface area contributed by atoms with Crippen molar-refractivity contribution in [2.45, 2.75) is 0 Å². The van der Waals surface area contributed by atoms with Gasteiger partial charge in [0.25, 0.3) is 0 Å². The zero-order chi connectivity index (χ0) is 32.6. The van der Waals surface area contributed by atoms with Crippen LogP contribution in [-0.2, 0) is 0 Å². The van der Waals surface area contributed by atoms with Crippen molar-refractivity contribution in [3.05, 3.63) is 176 Å². The number of nitrogens with zero attached hydrogens (tertiary/aromatic N) is 3. The molecule has 2 aromatic heterocycles. The van der Waals surface area contributed by atoms with Crippen molar-refractivity contribution in [1.29, 1.82) is 0 Å². The van der Waals surface area contributed by atoms with Gasteiger partial charge in [0.15, 0.2) is 17.5 Å². The highest BCUT2D eigenvalue weighted by Crippen LogP contribution is 2.42. The van der Waals surface area contributed by atoms with Gasteiger partial charge in [-0.1, -0.05) is 158 Å². The summed E-state index contributed by atoms with van der Waals surface area (Å²) in [7, 11) is 0. The third kappa shape index (κ3) is 5.58. The first-order valence-corrected chi connectivity index (χ1v) is 17.2. The number of hydrogen-bond donors (Lipinski definition) is 0. The van der Waals surface area contributed by atoms with E-state index in [1.807, 2.05) is 35.6 Å². The van der Waals surface area contributed by atoms with Gasteiger partial charge < -0.3 is 0 Å². The van der Waals surface area contributed by atoms with Crippen LogP contribution in [0.25, 0.3) is 87.7 Å². The third-order valence-corrected chi connectivity index (χ3v) is 10.2. The van der Waals surface area contributed by atoms with Crippen LogP contribution in [0.15, 0.2) is 176 Å². The molecule has 0 aliphatic carbocycles. The van der Waals surface area contributed by atoms with Crippen molar-refractivity contribution >= 4 is 31.5 Å². The lowest BCUT2D eigenvalue weighted by atomic mass is 9.99. The van der Waals surface area contributed by atoms with E-state index in [1.165, 1.54) is 42.4 Å². The molecule has 230 valence electrons. The maximum Gasteiger partial charge on any atom is 0.164 e. The Hall–Kier alpha value is -6.23. The Morgan fingerprint density at radius 1 is 0.306 bits per heavy atom. The molecule has 0 saturated heterocycles. The Labute approximate surface area is 288 Å². The zero-order valence-electron chi connectivity index (χ0n) is 26.5. The molecule has 9 aromatic rings. The molecule has 0 N–H and O–H groups in total. The molecule has 0 radical (unpaired) electrons. The van der Waals surface area contributed by atoms with Crippen LogP contribution in [0.1, 0.15) is 0 Å². The summed E-state index contributed by atoms with van der Waals surface area (Å²) in [6, 6.07) is 61.6. The number of hydrogen-bond acceptors (Lipinski definition) is 4. The molecule has 0 aliphatic rings. The predicted octanol–water partition coefficient (Wildman–Crippen LogP) is 12.2. The fourth-order valence-electron chi connectivity index (χ4n) is 6.44. The number of benzene rings is 7. The highest BCUT2D eigenvalue weighted by molar-refractivity contribution is 7.26. The molecule has 3 nitrogen and oxygen atoms in total. The summed E-state index contributed by atoms with van der Waals surface area (Å²) in [6.45, 7) is 0. The van der Waals surface area contributed by atoms with Crippen molar-refractivity contribution in [1.82, 2.24) is 15.0 Å². The Bertz CT molecular complexity index is 2560. The molecule has 0 aliphatic heterocycles. The quantitative estimate of drug-likeness (QED) is 0.181. The van der Waals surface area contributed by atoms with Gasteiger partial charge in [-0.15, -0.1) is 11.3 Å². The topological polar surface area (TPSA) is 38.7 Å². The number of thiophene rings is 1. The fourth-order valence-corrected chi connectivity index (χ4v) is 7.66. The molecule has 0 bridgehead atoms. The van der Waals surface area contributed by atoms with Crippen molar-refractivity contribution in [2.75, 3.05) is 0 Å². The van der Waals surface area contributed by atoms with Gasteiger partial charge in [-0.3, -0.25) is 0 Å². The van der Waals surface area contributed by atoms with Crippen LogP contribution in [0.2, 0.25) is 0 Å². The van der Waals surface area contributed by atoms with Gasteiger partial charge in [-0.2, -0.15) is 0 Å². The van der Waals surface area contributed by atoms with E-state index in [9.17, 15) is 0 Å². The average molecular weight is 644 g/mol. The maximum atomic E-state index is 5.13. The lowest BCUT2D eigenvalue weighted by molar-refractivity contribution is 1.07. The van der Waals surface area contributed by atoms with Gasteiger partial charge in [0.2, 0.25) is 0 Å². The summed E-state index contributed by atoms with van der Waals surface area (Å²) in [5, 5.41) is 2.45. The van der Waals surface area contributed by atoms with Gasteiger partial charge in [0, 0.05) is 42.4 Å². The lowest BCUT2D eigenvalue weighted by Gasteiger charge is -2.11. The van der Waals surface area contributed by atoms with E-state index in [2.05, 4.69) is 152 Å². The first-order chi connectivity index (χ1) is 24.3. The summed E-state index contributed by atoms with van der Waals surface area (Å²) in [6.07, 6.45) is 0. The van der Waals surface area contributed by atoms with Gasteiger partial charge in [-0.25, -0.2) is 15.0 Å². The monoisotopic (exact) mass is 643 g/mol. The maximum absolute atomic E-state index is 5.13. The van der Waals surface area contributed by atoms with Crippen molar-refractivity contribution in [2.24, 2.45) is 0 Å². The van der Waals surface area contributed by atoms with E-state index >= 15 is 0 Å². The predicted molar refractivity (Wildman–Crippen MR) is 205 cm³/mol. The van der Waals surface area contributed by atoms with Gasteiger partial charge in [-0.05, 0) is 46.0 Å². The Morgan fingerprint density at radius 3 is 1.29 bits per heavy atom. The van der Waals surface area contributed by atoms with Crippen molar-refractivity contribution in [3.8, 4) is 67.5 Å². The van der Waals surface area contributed by atoms with E-state index in [0.717, 1.165) is 27.8 Å². The Kier molecular flexibility index (Phi) is 7.34. The molecular weight excluding hydrogens is 615 g/mol. The minimum Gasteiger partial charge on any atom is -0.208 e. The van der Waals surface area contributed by atoms with E-state index < -0.39 is 0 Å². The second kappa shape index (κ2) is 12.4. The zero-order valence-corrected chi connectivity index (χ0v) is 27.3. The SMILES string of the molecule is c1ccc(-c2ccc(-c3ccc(-c4nc(-c5ccccc5)nc(-c5cc(-c6ccccc6)c6sc7ccccc7c6c5)n4)cc3)cc2)cc1. The fraction of sp³-hybridized carbons (Fsp3) is 0. The second-order valence-electron chi connectivity index (χ2n) is 12.1. The average Bonchev–Trinajstić information content (AvgIpc) is 3.57. The molecule has 9 rings (SSSR count). The van der Waals surface area contributed by atoms with Crippen molar-refractivity contribution in [3.63, 3.8) is 0 Å². The molecule has 0 spiro atoms. The van der Waals surface area contributed by atoms with Crippen molar-refractivity contribution < 1.29 is 0 Å². The van der Waals surface area contributed by atoms with Gasteiger partial charge >= 0.3 is 0 Å². The third-order valence-electron chi connectivity index (χ3n) is 8.96. The number of aromatic nitrogens is 3. The van der Waals surface area contributed by atoms with Crippen LogP contribution in [0.4, 0.5) is 0 Å². The molecule has 0 atom stereocenters. The highest BCUT2D eigenvalue weighted by atomic mass is 32.1. The van der Waals surface area contributed by atoms with Crippen LogP contribution in [0.3, 0.4) is 0 Å². The number of fused-ring (bicyclic) bond motifs is 3. The molecular formula is C45H29N3S. The van der Waals surface area contributed by atoms with E-state index in [0.29, 0.717) is 17.5 Å². The standard InChI is InChI=1S/C45H29N3S/c1-4-12-30(13-5-1)31-20-22-32(23-21-31)33-24-26-36(27-25-33)44-46-43(35-16-8-3-9-17-35)47-45(48-44)37-28-39(34-14-6-2-7-15-34)42-40(29-37)38-18-10-11-19-41(38)49-42/h1-29H. The summed E-state index contributed by atoms with van der Waals surface area (Å²) in [5.41, 5.74) is 9.93. The summed E-state index contributed by atoms with van der Waals surface area (Å²) in [5.74, 6) is 1.95. The molecule has 49 heavy (non-hydrogen) atoms. The lowest BCUT2D eigenvalue weighted by Crippen LogP contribution is -2.00. The normalized spacial score (nSPS) is 11.3. The molecule has 0 unspecified atom stereocenters. The molecule has 0 fully saturated rings. The Balaban J connectivity index is 1.16. The summed E-state index contributed by atoms with van der Waals surface area (Å²) in [4.78, 5) is 15.2. The summed E-state index contributed by atoms with van der Waals surface area (Å²) >= 11 is 1.83. The van der Waals surface area contributed by atoms with Crippen LogP contribution >= 0.6 is 11.3 Å². The molecule has 0 saturated carbocycles. The molecule has 4 heteroatoms.